The Kier molecular flexibility index (Phi) is 6.08. The van der Waals surface area contributed by atoms with Crippen molar-refractivity contribution in [3.63, 3.8) is 0 Å². The topological polar surface area (TPSA) is 26.3 Å². The van der Waals surface area contributed by atoms with Crippen LogP contribution in [-0.2, 0) is 0 Å². The molecule has 0 aromatic heterocycles. The summed E-state index contributed by atoms with van der Waals surface area (Å²) in [5.41, 5.74) is 0.811. The first kappa shape index (κ1) is 17.8. The van der Waals surface area contributed by atoms with Crippen molar-refractivity contribution in [2.75, 3.05) is 7.11 Å². The van der Waals surface area contributed by atoms with E-state index in [2.05, 4.69) is 31.8 Å². The highest BCUT2D eigenvalue weighted by molar-refractivity contribution is 8.01. The molecule has 0 bridgehead atoms. The monoisotopic (exact) mass is 344 g/mol. The molecule has 0 heterocycles. The van der Waals surface area contributed by atoms with Gasteiger partial charge < -0.3 is 4.74 Å². The zero-order valence-corrected chi connectivity index (χ0v) is 16.0. The van der Waals surface area contributed by atoms with Gasteiger partial charge in [0.1, 0.15) is 5.75 Å². The summed E-state index contributed by atoms with van der Waals surface area (Å²) < 4.78 is 5.21. The number of hydrogen-bond donors (Lipinski definition) is 0. The summed E-state index contributed by atoms with van der Waals surface area (Å²) in [7, 11) is 0.196. The fourth-order valence-corrected chi connectivity index (χ4v) is 5.73. The lowest BCUT2D eigenvalue weighted by atomic mass is 10.1. The van der Waals surface area contributed by atoms with E-state index in [4.69, 9.17) is 4.74 Å². The number of ketones is 1. The van der Waals surface area contributed by atoms with Crippen molar-refractivity contribution in [1.29, 1.82) is 0 Å². The van der Waals surface area contributed by atoms with Crippen molar-refractivity contribution < 1.29 is 9.53 Å². The van der Waals surface area contributed by atoms with E-state index < -0.39 is 8.07 Å². The molecule has 2 nitrogen and oxygen atoms in total. The second-order valence-corrected chi connectivity index (χ2v) is 13.8. The standard InChI is InChI=1S/C19H24O2SSi/c1-21-16-10-12-17(13-11-16)22-19(23(2,3)4)14-18(20)15-8-6-5-7-9-15/h5-13,19H,14H2,1-4H3. The van der Waals surface area contributed by atoms with Crippen molar-refractivity contribution >= 4 is 25.6 Å². The van der Waals surface area contributed by atoms with E-state index in [9.17, 15) is 4.79 Å². The maximum Gasteiger partial charge on any atom is 0.163 e. The van der Waals surface area contributed by atoms with Crippen molar-refractivity contribution in [2.45, 2.75) is 35.8 Å². The van der Waals surface area contributed by atoms with Gasteiger partial charge in [0.2, 0.25) is 0 Å². The van der Waals surface area contributed by atoms with Crippen LogP contribution in [0.15, 0.2) is 59.5 Å². The zero-order chi connectivity index (χ0) is 16.9. The number of carbonyl (C=O) groups is 1. The SMILES string of the molecule is COc1ccc(SC(CC(=O)c2ccccc2)[Si](C)(C)C)cc1. The molecule has 2 aromatic rings. The molecular formula is C19H24O2SSi. The Balaban J connectivity index is 2.12. The number of methoxy groups -OCH3 is 1. The van der Waals surface area contributed by atoms with Gasteiger partial charge in [0, 0.05) is 21.8 Å². The maximum atomic E-state index is 12.6. The van der Waals surface area contributed by atoms with Gasteiger partial charge in [-0.05, 0) is 24.3 Å². The maximum absolute atomic E-state index is 12.6. The molecular weight excluding hydrogens is 320 g/mol. The smallest absolute Gasteiger partial charge is 0.163 e. The summed E-state index contributed by atoms with van der Waals surface area (Å²) >= 11 is 1.82. The summed E-state index contributed by atoms with van der Waals surface area (Å²) in [6.45, 7) is 6.98. The Morgan fingerprint density at radius 3 is 2.17 bits per heavy atom. The molecule has 0 saturated heterocycles. The van der Waals surface area contributed by atoms with Crippen LogP contribution in [0.4, 0.5) is 0 Å². The number of thioether (sulfide) groups is 1. The number of benzene rings is 2. The summed E-state index contributed by atoms with van der Waals surface area (Å²) in [6.07, 6.45) is 0.594. The van der Waals surface area contributed by atoms with Gasteiger partial charge in [0.25, 0.3) is 0 Å². The second kappa shape index (κ2) is 7.84. The molecule has 1 unspecified atom stereocenters. The van der Waals surface area contributed by atoms with E-state index in [1.54, 1.807) is 7.11 Å². The Morgan fingerprint density at radius 2 is 1.65 bits per heavy atom. The largest absolute Gasteiger partial charge is 0.497 e. The molecule has 0 radical (unpaired) electrons. The van der Waals surface area contributed by atoms with Crippen LogP contribution < -0.4 is 4.74 Å². The molecule has 122 valence electrons. The number of rotatable bonds is 7. The van der Waals surface area contributed by atoms with Crippen LogP contribution in [0, 0.1) is 0 Å². The fourth-order valence-electron chi connectivity index (χ4n) is 2.25. The van der Waals surface area contributed by atoms with Crippen molar-refractivity contribution in [3.8, 4) is 5.75 Å². The van der Waals surface area contributed by atoms with E-state index in [0.29, 0.717) is 11.3 Å². The van der Waals surface area contributed by atoms with Crippen LogP contribution in [0.2, 0.25) is 19.6 Å². The van der Waals surface area contributed by atoms with E-state index >= 15 is 0 Å². The lowest BCUT2D eigenvalue weighted by Gasteiger charge is -2.28. The molecule has 23 heavy (non-hydrogen) atoms. The van der Waals surface area contributed by atoms with Crippen LogP contribution in [0.5, 0.6) is 5.75 Å². The van der Waals surface area contributed by atoms with Gasteiger partial charge in [0.15, 0.2) is 5.78 Å². The van der Waals surface area contributed by atoms with Gasteiger partial charge in [-0.3, -0.25) is 4.79 Å². The molecule has 0 N–H and O–H groups in total. The van der Waals surface area contributed by atoms with E-state index in [1.165, 1.54) is 4.90 Å². The predicted molar refractivity (Wildman–Crippen MR) is 101 cm³/mol. The second-order valence-electron chi connectivity index (χ2n) is 6.64. The first-order chi connectivity index (χ1) is 10.9. The highest BCUT2D eigenvalue weighted by atomic mass is 32.2. The number of Topliss-reactive ketones (excluding diaryl/α,β-unsaturated/α-hetero) is 1. The van der Waals surface area contributed by atoms with E-state index in [1.807, 2.05) is 54.2 Å². The Labute approximate surface area is 144 Å². The molecule has 1 atom stereocenters. The molecule has 2 aromatic carbocycles. The lowest BCUT2D eigenvalue weighted by Crippen LogP contribution is -2.37. The molecule has 0 fully saturated rings. The third kappa shape index (κ3) is 5.25. The van der Waals surface area contributed by atoms with Crippen LogP contribution in [0.25, 0.3) is 0 Å². The van der Waals surface area contributed by atoms with Crippen molar-refractivity contribution in [2.24, 2.45) is 0 Å². The van der Waals surface area contributed by atoms with Gasteiger partial charge in [-0.1, -0.05) is 50.0 Å². The lowest BCUT2D eigenvalue weighted by molar-refractivity contribution is 0.0986. The molecule has 0 aliphatic heterocycles. The molecule has 0 aliphatic rings. The normalized spacial score (nSPS) is 12.7. The van der Waals surface area contributed by atoms with Crippen LogP contribution in [0.3, 0.4) is 0 Å². The Bertz CT molecular complexity index is 633. The highest BCUT2D eigenvalue weighted by Crippen LogP contribution is 2.33. The molecule has 0 spiro atoms. The van der Waals surface area contributed by atoms with Crippen LogP contribution in [0.1, 0.15) is 16.8 Å². The average molecular weight is 345 g/mol. The van der Waals surface area contributed by atoms with Gasteiger partial charge >= 0.3 is 0 Å². The average Bonchev–Trinajstić information content (AvgIpc) is 2.54. The third-order valence-electron chi connectivity index (χ3n) is 3.77. The molecule has 4 heteroatoms. The fraction of sp³-hybridized carbons (Fsp3) is 0.316. The Morgan fingerprint density at radius 1 is 1.04 bits per heavy atom. The number of ether oxygens (including phenoxy) is 1. The molecule has 0 saturated carbocycles. The van der Waals surface area contributed by atoms with E-state index in [0.717, 1.165) is 11.3 Å². The highest BCUT2D eigenvalue weighted by Gasteiger charge is 2.30. The molecule has 2 rings (SSSR count). The van der Waals surface area contributed by atoms with Crippen molar-refractivity contribution in [1.82, 2.24) is 0 Å². The van der Waals surface area contributed by atoms with E-state index in [-0.39, 0.29) is 5.78 Å². The van der Waals surface area contributed by atoms with Gasteiger partial charge in [0.05, 0.1) is 15.2 Å². The summed E-state index contributed by atoms with van der Waals surface area (Å²) in [5, 5.41) is 0. The minimum absolute atomic E-state index is 0.235. The molecule has 0 aliphatic carbocycles. The van der Waals surface area contributed by atoms with Crippen LogP contribution >= 0.6 is 11.8 Å². The minimum atomic E-state index is -1.48. The van der Waals surface area contributed by atoms with Crippen LogP contribution in [-0.4, -0.2) is 25.8 Å². The third-order valence-corrected chi connectivity index (χ3v) is 9.38. The summed E-state index contributed by atoms with van der Waals surface area (Å²) in [4.78, 5) is 14.1. The van der Waals surface area contributed by atoms with Crippen molar-refractivity contribution in [3.05, 3.63) is 60.2 Å². The number of carbonyl (C=O) groups excluding carboxylic acids is 1. The van der Waals surface area contributed by atoms with Gasteiger partial charge in [-0.2, -0.15) is 0 Å². The number of hydrogen-bond acceptors (Lipinski definition) is 3. The summed E-state index contributed by atoms with van der Waals surface area (Å²) in [5.74, 6) is 1.10. The first-order valence-corrected chi connectivity index (χ1v) is 12.2. The Hall–Kier alpha value is -1.52. The van der Waals surface area contributed by atoms with Gasteiger partial charge in [-0.15, -0.1) is 11.8 Å². The van der Waals surface area contributed by atoms with Gasteiger partial charge in [-0.25, -0.2) is 0 Å². The predicted octanol–water partition coefficient (Wildman–Crippen LogP) is 5.31. The quantitative estimate of drug-likeness (QED) is 0.387. The minimum Gasteiger partial charge on any atom is -0.497 e. The summed E-state index contributed by atoms with van der Waals surface area (Å²) in [6, 6.07) is 17.7. The first-order valence-electron chi connectivity index (χ1n) is 7.79. The molecule has 0 amide bonds. The zero-order valence-electron chi connectivity index (χ0n) is 14.2.